The molecule has 0 spiro atoms. The summed E-state index contributed by atoms with van der Waals surface area (Å²) in [7, 11) is 1.52. The highest BCUT2D eigenvalue weighted by atomic mass is 16.5. The van der Waals surface area contributed by atoms with Gasteiger partial charge in [-0.1, -0.05) is 76.3 Å². The normalized spacial score (nSPS) is 32.0. The summed E-state index contributed by atoms with van der Waals surface area (Å²) in [5, 5.41) is 56.8. The van der Waals surface area contributed by atoms with Gasteiger partial charge >= 0.3 is 11.9 Å². The molecule has 71 heavy (non-hydrogen) atoms. The van der Waals surface area contributed by atoms with E-state index < -0.39 is 90.3 Å². The Bertz CT molecular complexity index is 2020. The van der Waals surface area contributed by atoms with Crippen LogP contribution in [0.1, 0.15) is 119 Å². The van der Waals surface area contributed by atoms with Crippen LogP contribution in [0.2, 0.25) is 0 Å². The fraction of sp³-hybridized carbons (Fsp3) is 0.623. The zero-order chi connectivity index (χ0) is 52.9. The monoisotopic (exact) mass is 997 g/mol. The van der Waals surface area contributed by atoms with Crippen LogP contribution in [0.4, 0.5) is 0 Å². The van der Waals surface area contributed by atoms with E-state index in [0.717, 1.165) is 0 Å². The average molecular weight is 997 g/mol. The van der Waals surface area contributed by atoms with Crippen molar-refractivity contribution >= 4 is 47.1 Å². The van der Waals surface area contributed by atoms with E-state index in [-0.39, 0.29) is 92.5 Å². The van der Waals surface area contributed by atoms with Crippen molar-refractivity contribution in [2.24, 2.45) is 35.5 Å². The minimum absolute atomic E-state index is 0.113. The van der Waals surface area contributed by atoms with Gasteiger partial charge in [-0.2, -0.15) is 0 Å². The average Bonchev–Trinajstić information content (AvgIpc) is 3.28. The van der Waals surface area contributed by atoms with E-state index in [1.165, 1.54) is 25.3 Å². The molecule has 2 fully saturated rings. The van der Waals surface area contributed by atoms with Gasteiger partial charge in [0.1, 0.15) is 29.9 Å². The molecule has 4 rings (SSSR count). The van der Waals surface area contributed by atoms with Crippen LogP contribution in [-0.2, 0) is 52.6 Å². The lowest BCUT2D eigenvalue weighted by atomic mass is 9.85. The lowest BCUT2D eigenvalue weighted by Gasteiger charge is -2.28. The third kappa shape index (κ3) is 20.8. The van der Waals surface area contributed by atoms with Crippen molar-refractivity contribution in [2.45, 2.75) is 167 Å². The zero-order valence-corrected chi connectivity index (χ0v) is 42.1. The summed E-state index contributed by atoms with van der Waals surface area (Å²) >= 11 is 0. The SMILES string of the molecule is C/C1=C/C(C)C(O)C(O)/C=C/CC/C=C/C(=O)OC1C(C)C(=O)CC(O)CC1CC(=O)NC(=O)C1.COC1/C=C/CC/C=C/C(=O)OC(C(C)C(=O)CC(O)CC2CC(=O)NC(=O)C2)/C(C)=C\C(C)C1O. The van der Waals surface area contributed by atoms with E-state index in [1.54, 1.807) is 71.1 Å². The number of nitrogens with one attached hydrogen (secondary N) is 2. The maximum absolute atomic E-state index is 13.1. The number of ether oxygens (including phenoxy) is 3. The van der Waals surface area contributed by atoms with E-state index in [4.69, 9.17) is 14.2 Å². The van der Waals surface area contributed by atoms with Crippen molar-refractivity contribution in [2.75, 3.05) is 7.11 Å². The molecule has 0 aromatic rings. The van der Waals surface area contributed by atoms with Crippen molar-refractivity contribution in [1.82, 2.24) is 10.6 Å². The molecule has 0 aliphatic carbocycles. The summed E-state index contributed by atoms with van der Waals surface area (Å²) in [5.74, 6) is -6.46. The Kier molecular flexibility index (Phi) is 25.3. The van der Waals surface area contributed by atoms with Crippen molar-refractivity contribution in [3.63, 3.8) is 0 Å². The van der Waals surface area contributed by atoms with Gasteiger partial charge in [0.2, 0.25) is 23.6 Å². The van der Waals surface area contributed by atoms with Gasteiger partial charge < -0.3 is 39.7 Å². The Morgan fingerprint density at radius 2 is 0.986 bits per heavy atom. The molecule has 2 saturated heterocycles. The number of carbonyl (C=O) groups is 8. The van der Waals surface area contributed by atoms with Gasteiger partial charge in [-0.15, -0.1) is 0 Å². The Labute approximate surface area is 416 Å². The van der Waals surface area contributed by atoms with Crippen LogP contribution in [0.3, 0.4) is 0 Å². The number of amides is 4. The van der Waals surface area contributed by atoms with E-state index >= 15 is 0 Å². The number of imide groups is 2. The second-order valence-corrected chi connectivity index (χ2v) is 19.4. The number of piperidine rings is 2. The minimum atomic E-state index is -1.08. The van der Waals surface area contributed by atoms with Crippen molar-refractivity contribution < 1.29 is 78.1 Å². The first-order valence-electron chi connectivity index (χ1n) is 24.6. The summed E-state index contributed by atoms with van der Waals surface area (Å²) in [6.07, 6.45) is 11.6. The van der Waals surface area contributed by atoms with Crippen LogP contribution < -0.4 is 10.6 Å². The number of methoxy groups -OCH3 is 1. The van der Waals surface area contributed by atoms with Gasteiger partial charge in [0.05, 0.1) is 42.4 Å². The molecule has 4 heterocycles. The molecule has 0 radical (unpaired) electrons. The molecule has 4 aliphatic heterocycles. The first-order valence-corrected chi connectivity index (χ1v) is 24.6. The number of aliphatic hydroxyl groups is 5. The number of esters is 2. The van der Waals surface area contributed by atoms with Crippen LogP contribution in [-0.4, -0.2) is 129 Å². The number of cyclic esters (lactones) is 2. The first-order chi connectivity index (χ1) is 33.5. The number of hydrogen-bond acceptors (Lipinski definition) is 16. The molecule has 0 aromatic heterocycles. The number of ketones is 2. The predicted octanol–water partition coefficient (Wildman–Crippen LogP) is 3.67. The predicted molar refractivity (Wildman–Crippen MR) is 260 cm³/mol. The molecule has 12 unspecified atom stereocenters. The summed E-state index contributed by atoms with van der Waals surface area (Å²) in [6.45, 7) is 10.2. The number of hydrogen-bond donors (Lipinski definition) is 7. The maximum Gasteiger partial charge on any atom is 0.331 e. The third-order valence-corrected chi connectivity index (χ3v) is 13.1. The Morgan fingerprint density at radius 1 is 0.620 bits per heavy atom. The van der Waals surface area contributed by atoms with Gasteiger partial charge in [0.15, 0.2) is 0 Å². The minimum Gasteiger partial charge on any atom is -0.454 e. The molecule has 12 atom stereocenters. The topological polar surface area (TPSA) is 289 Å². The summed E-state index contributed by atoms with van der Waals surface area (Å²) in [5.41, 5.74) is 1.14. The second kappa shape index (κ2) is 29.9. The summed E-state index contributed by atoms with van der Waals surface area (Å²) < 4.78 is 16.7. The number of carbonyl (C=O) groups excluding carboxylic acids is 8. The fourth-order valence-corrected chi connectivity index (χ4v) is 9.14. The van der Waals surface area contributed by atoms with Crippen molar-refractivity contribution in [1.29, 1.82) is 0 Å². The highest BCUT2D eigenvalue weighted by Crippen LogP contribution is 2.28. The molecule has 7 N–H and O–H groups in total. The molecule has 18 heteroatoms. The van der Waals surface area contributed by atoms with E-state index in [1.807, 2.05) is 13.0 Å². The summed E-state index contributed by atoms with van der Waals surface area (Å²) in [4.78, 5) is 97.3. The lowest BCUT2D eigenvalue weighted by molar-refractivity contribution is -0.147. The van der Waals surface area contributed by atoms with Gasteiger partial charge in [-0.05, 0) is 75.4 Å². The number of rotatable bonds is 13. The van der Waals surface area contributed by atoms with Crippen molar-refractivity contribution in [3.8, 4) is 0 Å². The van der Waals surface area contributed by atoms with Crippen LogP contribution in [0.5, 0.6) is 0 Å². The van der Waals surface area contributed by atoms with Gasteiger partial charge in [-0.3, -0.25) is 39.4 Å². The number of aliphatic hydroxyl groups excluding tert-OH is 5. The molecule has 4 amide bonds. The molecular weight excluding hydrogens is 921 g/mol. The number of Topliss-reactive ketones (excluding diaryl/α,β-unsaturated/α-hetero) is 2. The standard InChI is InChI=1S/C27H39NO8.C26H37NO8/c1-16-11-17(2)27(36-25(33)10-8-6-5-7-9-22(35-4)26(16)34)18(3)21(30)15-20(29)12-19-13-23(31)28-24(32)14-19;1-15-10-16(2)26(35-24(33)9-7-5-4-6-8-20(29)25(15)34)17(3)21(30)14-19(28)11-18-12-22(31)27-23(32)13-18/h7-11,16,18-20,22,26-27,29,34H,5-6,12-15H2,1-4H3,(H,28,31,32);6-10,15,17-20,25-26,28-29,34H,4-5,11-14H2,1-3H3,(H,27,31,32)/b9-7+,10-8+,17-11-;8-6+,9-7+,16-10-. The van der Waals surface area contributed by atoms with Crippen LogP contribution in [0.25, 0.3) is 0 Å². The molecule has 0 bridgehead atoms. The molecular formula is C53H76N2O16. The maximum atomic E-state index is 13.1. The molecule has 0 saturated carbocycles. The Balaban J connectivity index is 0.000000375. The molecule has 394 valence electrons. The van der Waals surface area contributed by atoms with Crippen molar-refractivity contribution in [3.05, 3.63) is 71.9 Å². The third-order valence-electron chi connectivity index (χ3n) is 13.1. The van der Waals surface area contributed by atoms with E-state index in [9.17, 15) is 63.9 Å². The highest BCUT2D eigenvalue weighted by molar-refractivity contribution is 5.98. The zero-order valence-electron chi connectivity index (χ0n) is 42.1. The van der Waals surface area contributed by atoms with E-state index in [0.29, 0.717) is 36.8 Å². The second-order valence-electron chi connectivity index (χ2n) is 19.4. The fourth-order valence-electron chi connectivity index (χ4n) is 9.14. The van der Waals surface area contributed by atoms with Gasteiger partial charge in [0, 0.05) is 69.6 Å². The molecule has 4 aliphatic rings. The lowest BCUT2D eigenvalue weighted by Crippen LogP contribution is -2.40. The smallest absolute Gasteiger partial charge is 0.331 e. The Morgan fingerprint density at radius 3 is 1.38 bits per heavy atom. The van der Waals surface area contributed by atoms with Crippen LogP contribution in [0, 0.1) is 35.5 Å². The highest BCUT2D eigenvalue weighted by Gasteiger charge is 2.35. The van der Waals surface area contributed by atoms with Crippen LogP contribution in [0.15, 0.2) is 71.9 Å². The van der Waals surface area contributed by atoms with Crippen LogP contribution >= 0.6 is 0 Å². The quantitative estimate of drug-likeness (QED) is 0.0787. The van der Waals surface area contributed by atoms with E-state index in [2.05, 4.69) is 10.6 Å². The largest absolute Gasteiger partial charge is 0.454 e. The molecule has 0 aromatic carbocycles. The van der Waals surface area contributed by atoms with Gasteiger partial charge in [-0.25, -0.2) is 9.59 Å². The number of allylic oxidation sites excluding steroid dienone is 4. The Hall–Kier alpha value is -5.24. The molecule has 18 nitrogen and oxygen atoms in total. The summed E-state index contributed by atoms with van der Waals surface area (Å²) in [6, 6.07) is 0. The first kappa shape index (κ1) is 60.1. The van der Waals surface area contributed by atoms with Gasteiger partial charge in [0.25, 0.3) is 0 Å².